The van der Waals surface area contributed by atoms with Crippen LogP contribution in [0.15, 0.2) is 60.7 Å². The van der Waals surface area contributed by atoms with Crippen molar-refractivity contribution in [3.05, 3.63) is 94.0 Å². The van der Waals surface area contributed by atoms with Crippen molar-refractivity contribution in [2.24, 2.45) is 0 Å². The molecule has 0 saturated heterocycles. The summed E-state index contributed by atoms with van der Waals surface area (Å²) in [7, 11) is 0. The average Bonchev–Trinajstić information content (AvgIpc) is 2.93. The van der Waals surface area contributed by atoms with Gasteiger partial charge in [0.25, 0.3) is 5.91 Å². The highest BCUT2D eigenvalue weighted by Gasteiger charge is 2.30. The lowest BCUT2D eigenvalue weighted by atomic mass is 10.1. The Hall–Kier alpha value is -3.45. The van der Waals surface area contributed by atoms with E-state index in [0.29, 0.717) is 29.0 Å². The maximum Gasteiger partial charge on any atom is 0.264 e. The van der Waals surface area contributed by atoms with E-state index in [0.717, 1.165) is 5.56 Å². The SMILES string of the molecule is CCC1Oc2ccc(NC(=O)Cc3ccc(F)cc3)cc2CN(Cc2ccc(F)cc2Cl)C1=O. The molecule has 0 bridgehead atoms. The van der Waals surface area contributed by atoms with E-state index < -0.39 is 11.9 Å². The number of fused-ring (bicyclic) bond motifs is 1. The van der Waals surface area contributed by atoms with Crippen LogP contribution in [0.5, 0.6) is 5.75 Å². The smallest absolute Gasteiger partial charge is 0.264 e. The zero-order chi connectivity index (χ0) is 24.2. The van der Waals surface area contributed by atoms with Gasteiger partial charge in [0, 0.05) is 29.4 Å². The predicted molar refractivity (Wildman–Crippen MR) is 126 cm³/mol. The number of rotatable bonds is 6. The highest BCUT2D eigenvalue weighted by atomic mass is 35.5. The van der Waals surface area contributed by atoms with Crippen molar-refractivity contribution in [3.63, 3.8) is 0 Å². The van der Waals surface area contributed by atoms with Gasteiger partial charge in [0.05, 0.1) is 6.42 Å². The number of hydrogen-bond acceptors (Lipinski definition) is 3. The van der Waals surface area contributed by atoms with Gasteiger partial charge < -0.3 is 15.0 Å². The molecule has 0 radical (unpaired) electrons. The molecule has 0 aromatic heterocycles. The minimum Gasteiger partial charge on any atom is -0.480 e. The summed E-state index contributed by atoms with van der Waals surface area (Å²) in [6, 6.07) is 15.0. The van der Waals surface area contributed by atoms with Crippen molar-refractivity contribution in [2.45, 2.75) is 39.0 Å². The highest BCUT2D eigenvalue weighted by Crippen LogP contribution is 2.31. The highest BCUT2D eigenvalue weighted by molar-refractivity contribution is 6.31. The fraction of sp³-hybridized carbons (Fsp3) is 0.231. The molecular formula is C26H23ClF2N2O3. The first-order chi connectivity index (χ1) is 16.3. The van der Waals surface area contributed by atoms with Gasteiger partial charge in [-0.3, -0.25) is 9.59 Å². The zero-order valence-electron chi connectivity index (χ0n) is 18.5. The molecule has 0 aliphatic carbocycles. The lowest BCUT2D eigenvalue weighted by Gasteiger charge is -2.23. The summed E-state index contributed by atoms with van der Waals surface area (Å²) < 4.78 is 32.5. The van der Waals surface area contributed by atoms with Crippen molar-refractivity contribution >= 4 is 29.1 Å². The third kappa shape index (κ3) is 5.54. The summed E-state index contributed by atoms with van der Waals surface area (Å²) in [4.78, 5) is 27.2. The molecule has 3 aromatic rings. The van der Waals surface area contributed by atoms with Crippen LogP contribution >= 0.6 is 11.6 Å². The van der Waals surface area contributed by atoms with Gasteiger partial charge in [-0.2, -0.15) is 0 Å². The molecule has 8 heteroatoms. The minimum absolute atomic E-state index is 0.0967. The van der Waals surface area contributed by atoms with E-state index in [1.807, 2.05) is 6.92 Å². The lowest BCUT2D eigenvalue weighted by molar-refractivity contribution is -0.139. The van der Waals surface area contributed by atoms with Crippen molar-refractivity contribution in [3.8, 4) is 5.75 Å². The molecule has 1 unspecified atom stereocenters. The number of nitrogens with one attached hydrogen (secondary N) is 1. The molecule has 1 atom stereocenters. The molecule has 0 spiro atoms. The van der Waals surface area contributed by atoms with Crippen molar-refractivity contribution in [1.29, 1.82) is 0 Å². The Balaban J connectivity index is 1.54. The first kappa shape index (κ1) is 23.7. The number of nitrogens with zero attached hydrogens (tertiary/aromatic N) is 1. The van der Waals surface area contributed by atoms with E-state index in [1.54, 1.807) is 41.3 Å². The number of hydrogen-bond donors (Lipinski definition) is 1. The van der Waals surface area contributed by atoms with Crippen LogP contribution in [0.1, 0.15) is 30.0 Å². The van der Waals surface area contributed by atoms with Crippen LogP contribution < -0.4 is 10.1 Å². The Morgan fingerprint density at radius 1 is 1.09 bits per heavy atom. The fourth-order valence-corrected chi connectivity index (χ4v) is 4.05. The topological polar surface area (TPSA) is 58.6 Å². The second-order valence-corrected chi connectivity index (χ2v) is 8.53. The summed E-state index contributed by atoms with van der Waals surface area (Å²) >= 11 is 6.19. The number of ether oxygens (including phenoxy) is 1. The van der Waals surface area contributed by atoms with E-state index in [1.165, 1.54) is 24.3 Å². The Kier molecular flexibility index (Phi) is 7.12. The molecule has 34 heavy (non-hydrogen) atoms. The molecule has 0 fully saturated rings. The summed E-state index contributed by atoms with van der Waals surface area (Å²) in [5, 5.41) is 3.08. The summed E-state index contributed by atoms with van der Waals surface area (Å²) in [6.07, 6.45) is -0.0963. The van der Waals surface area contributed by atoms with Gasteiger partial charge in [-0.25, -0.2) is 8.78 Å². The van der Waals surface area contributed by atoms with E-state index in [-0.39, 0.29) is 42.2 Å². The molecule has 176 valence electrons. The first-order valence-electron chi connectivity index (χ1n) is 10.9. The molecule has 2 amide bonds. The maximum atomic E-state index is 13.4. The van der Waals surface area contributed by atoms with Crippen LogP contribution in [-0.2, 0) is 29.1 Å². The Morgan fingerprint density at radius 3 is 2.53 bits per heavy atom. The van der Waals surface area contributed by atoms with Crippen LogP contribution in [0.4, 0.5) is 14.5 Å². The summed E-state index contributed by atoms with van der Waals surface area (Å²) in [5.41, 5.74) is 2.59. The average molecular weight is 485 g/mol. The lowest BCUT2D eigenvalue weighted by Crippen LogP contribution is -2.38. The monoisotopic (exact) mass is 484 g/mol. The predicted octanol–water partition coefficient (Wildman–Crippen LogP) is 5.50. The van der Waals surface area contributed by atoms with Crippen LogP contribution in [0, 0.1) is 11.6 Å². The Bertz CT molecular complexity index is 1220. The number of amides is 2. The summed E-state index contributed by atoms with van der Waals surface area (Å²) in [6.45, 7) is 2.29. The number of carbonyl (C=O) groups excluding carboxylic acids is 2. The van der Waals surface area contributed by atoms with Gasteiger partial charge in [-0.1, -0.05) is 36.7 Å². The Morgan fingerprint density at radius 2 is 1.82 bits per heavy atom. The standard InChI is InChI=1S/C26H23ClF2N2O3/c1-2-23-26(33)31(14-17-5-8-20(29)13-22(17)27)15-18-12-21(9-10-24(18)34-23)30-25(32)11-16-3-6-19(28)7-4-16/h3-10,12-13,23H,2,11,14-15H2,1H3,(H,30,32). The normalized spacial score (nSPS) is 15.4. The van der Waals surface area contributed by atoms with Crippen LogP contribution in [-0.4, -0.2) is 22.8 Å². The molecule has 5 nitrogen and oxygen atoms in total. The van der Waals surface area contributed by atoms with Gasteiger partial charge in [0.1, 0.15) is 17.4 Å². The van der Waals surface area contributed by atoms with Crippen molar-refractivity contribution < 1.29 is 23.1 Å². The van der Waals surface area contributed by atoms with Gasteiger partial charge >= 0.3 is 0 Å². The van der Waals surface area contributed by atoms with Gasteiger partial charge in [0.15, 0.2) is 6.10 Å². The van der Waals surface area contributed by atoms with Crippen molar-refractivity contribution in [1.82, 2.24) is 4.90 Å². The van der Waals surface area contributed by atoms with Crippen molar-refractivity contribution in [2.75, 3.05) is 5.32 Å². The van der Waals surface area contributed by atoms with E-state index in [4.69, 9.17) is 16.3 Å². The summed E-state index contributed by atoms with van der Waals surface area (Å²) in [5.74, 6) is -0.692. The number of benzene rings is 3. The molecule has 3 aromatic carbocycles. The van der Waals surface area contributed by atoms with Crippen LogP contribution in [0.25, 0.3) is 0 Å². The maximum absolute atomic E-state index is 13.4. The third-order valence-electron chi connectivity index (χ3n) is 5.59. The van der Waals surface area contributed by atoms with Crippen LogP contribution in [0.2, 0.25) is 5.02 Å². The number of halogens is 3. The molecule has 0 saturated carbocycles. The Labute approximate surface area is 201 Å². The van der Waals surface area contributed by atoms with E-state index >= 15 is 0 Å². The zero-order valence-corrected chi connectivity index (χ0v) is 19.2. The largest absolute Gasteiger partial charge is 0.480 e. The molecule has 4 rings (SSSR count). The minimum atomic E-state index is -0.667. The van der Waals surface area contributed by atoms with Gasteiger partial charge in [-0.05, 0) is 60.0 Å². The van der Waals surface area contributed by atoms with Gasteiger partial charge in [0.2, 0.25) is 5.91 Å². The van der Waals surface area contributed by atoms with E-state index in [9.17, 15) is 18.4 Å². The molecule has 1 aliphatic heterocycles. The second kappa shape index (κ2) is 10.2. The number of carbonyl (C=O) groups is 2. The molecular weight excluding hydrogens is 462 g/mol. The first-order valence-corrected chi connectivity index (χ1v) is 11.3. The third-order valence-corrected chi connectivity index (χ3v) is 5.94. The molecule has 1 N–H and O–H groups in total. The van der Waals surface area contributed by atoms with E-state index in [2.05, 4.69) is 5.32 Å². The van der Waals surface area contributed by atoms with Crippen LogP contribution in [0.3, 0.4) is 0 Å². The second-order valence-electron chi connectivity index (χ2n) is 8.12. The molecule has 1 aliphatic rings. The number of anilines is 1. The van der Waals surface area contributed by atoms with Gasteiger partial charge in [-0.15, -0.1) is 0 Å². The molecule has 1 heterocycles. The fourth-order valence-electron chi connectivity index (χ4n) is 3.83. The quantitative estimate of drug-likeness (QED) is 0.502.